The number of likely N-dealkylation sites (tertiary alicyclic amines) is 1. The van der Waals surface area contributed by atoms with E-state index in [0.29, 0.717) is 41.5 Å². The molecule has 2 aliphatic heterocycles. The van der Waals surface area contributed by atoms with Crippen molar-refractivity contribution in [3.8, 4) is 5.75 Å². The molecule has 4 aromatic rings. The van der Waals surface area contributed by atoms with Crippen LogP contribution in [0.1, 0.15) is 61.1 Å². The molecule has 4 aromatic carbocycles. The SMILES string of the molecule is Cc1ccc(NN2C(=O)C3CC4C(=CCC5C(=O)N(CCCCCC(=O)O)C(=O)C54)C(c4ccc5ccccc5c4O)C3(c3ccccc3)C2=O)cc1. The van der Waals surface area contributed by atoms with E-state index < -0.39 is 52.8 Å². The fourth-order valence-electron chi connectivity index (χ4n) is 9.61. The molecule has 6 atom stereocenters. The first-order valence-corrected chi connectivity index (χ1v) is 18.4. The van der Waals surface area contributed by atoms with Gasteiger partial charge in [-0.15, -0.1) is 0 Å². The van der Waals surface area contributed by atoms with Crippen molar-refractivity contribution in [1.82, 2.24) is 9.91 Å². The van der Waals surface area contributed by atoms with Gasteiger partial charge >= 0.3 is 5.97 Å². The lowest BCUT2D eigenvalue weighted by molar-refractivity contribution is -0.141. The number of carbonyl (C=O) groups excluding carboxylic acids is 4. The number of aryl methyl sites for hydroxylation is 1. The zero-order valence-electron chi connectivity index (χ0n) is 29.4. The molecule has 4 amide bonds. The highest BCUT2D eigenvalue weighted by Crippen LogP contribution is 2.65. The van der Waals surface area contributed by atoms with Crippen LogP contribution in [0.4, 0.5) is 5.69 Å². The molecule has 10 nitrogen and oxygen atoms in total. The number of anilines is 1. The average Bonchev–Trinajstić information content (AvgIpc) is 3.53. The Bertz CT molecular complexity index is 2180. The number of nitrogens with one attached hydrogen (secondary N) is 1. The molecule has 8 rings (SSSR count). The van der Waals surface area contributed by atoms with Gasteiger partial charge in [0.05, 0.1) is 28.9 Å². The minimum absolute atomic E-state index is 0.00725. The van der Waals surface area contributed by atoms with Crippen molar-refractivity contribution < 1.29 is 34.2 Å². The molecule has 1 saturated carbocycles. The molecule has 0 aromatic heterocycles. The second-order valence-electron chi connectivity index (χ2n) is 14.8. The van der Waals surface area contributed by atoms with E-state index in [0.717, 1.165) is 21.5 Å². The first-order chi connectivity index (χ1) is 25.6. The maximum absolute atomic E-state index is 15.4. The fraction of sp³-hybridized carbons (Fsp3) is 0.326. The van der Waals surface area contributed by atoms with Gasteiger partial charge in [-0.3, -0.25) is 34.3 Å². The molecule has 10 heteroatoms. The number of phenolic OH excluding ortho intramolecular Hbond substituents is 1. The summed E-state index contributed by atoms with van der Waals surface area (Å²) < 4.78 is 0. The van der Waals surface area contributed by atoms with Gasteiger partial charge in [-0.2, -0.15) is 5.01 Å². The van der Waals surface area contributed by atoms with Crippen LogP contribution in [0.3, 0.4) is 0 Å². The van der Waals surface area contributed by atoms with E-state index in [1.807, 2.05) is 104 Å². The number of allylic oxidation sites excluding steroid dienone is 2. The van der Waals surface area contributed by atoms with Crippen LogP contribution in [0.2, 0.25) is 0 Å². The van der Waals surface area contributed by atoms with Crippen LogP contribution in [0, 0.1) is 30.6 Å². The fourth-order valence-corrected chi connectivity index (χ4v) is 9.61. The maximum atomic E-state index is 15.4. The summed E-state index contributed by atoms with van der Waals surface area (Å²) in [6.45, 7) is 2.15. The smallest absolute Gasteiger partial charge is 0.303 e. The minimum atomic E-state index is -1.49. The molecule has 0 bridgehead atoms. The largest absolute Gasteiger partial charge is 0.507 e. The van der Waals surface area contributed by atoms with Gasteiger partial charge in [-0.1, -0.05) is 102 Å². The quantitative estimate of drug-likeness (QED) is 0.0963. The molecular formula is C43H41N3O7. The number of amides is 4. The molecule has 3 N–H and O–H groups in total. The lowest BCUT2D eigenvalue weighted by atomic mass is 9.49. The number of unbranched alkanes of at least 4 members (excludes halogenated alkanes) is 2. The van der Waals surface area contributed by atoms with Crippen LogP contribution in [-0.2, 0) is 29.4 Å². The van der Waals surface area contributed by atoms with Crippen molar-refractivity contribution in [2.75, 3.05) is 12.0 Å². The number of rotatable bonds is 10. The number of hydrazine groups is 1. The highest BCUT2D eigenvalue weighted by molar-refractivity contribution is 6.13. The standard InChI is InChI=1S/C43H41N3O7/c1-25-15-18-28(19-16-25)44-46-40(51)34-24-33-30(21-22-31-36(33)41(52)45(39(31)50)23-9-3-6-14-35(47)48)37(43(34,42(46)53)27-11-4-2-5-12-27)32-20-17-26-10-7-8-13-29(26)38(32)49/h2,4-5,7-8,10-13,15-21,31,33-34,36-37,44,49H,3,6,9,14,22-24H2,1H3,(H,47,48). The second kappa shape index (κ2) is 13.3. The second-order valence-corrected chi connectivity index (χ2v) is 14.8. The van der Waals surface area contributed by atoms with E-state index in [-0.39, 0.29) is 43.4 Å². The Kier molecular flexibility index (Phi) is 8.63. The minimum Gasteiger partial charge on any atom is -0.507 e. The highest BCUT2D eigenvalue weighted by Gasteiger charge is 2.70. The number of imide groups is 2. The van der Waals surface area contributed by atoms with Gasteiger partial charge in [-0.05, 0) is 61.6 Å². The molecule has 0 spiro atoms. The molecule has 270 valence electrons. The predicted octanol–water partition coefficient (Wildman–Crippen LogP) is 6.48. The third-order valence-corrected chi connectivity index (χ3v) is 12.0. The summed E-state index contributed by atoms with van der Waals surface area (Å²) in [5, 5.41) is 23.7. The molecular weight excluding hydrogens is 670 g/mol. The number of phenols is 1. The number of nitrogens with zero attached hydrogens (tertiary/aromatic N) is 2. The molecule has 3 fully saturated rings. The number of benzene rings is 4. The summed E-state index contributed by atoms with van der Waals surface area (Å²) in [5.41, 5.74) is 5.11. The first kappa shape index (κ1) is 34.3. The van der Waals surface area contributed by atoms with Crippen LogP contribution in [-0.4, -0.2) is 56.3 Å². The van der Waals surface area contributed by atoms with Gasteiger partial charge in [0.25, 0.3) is 11.8 Å². The number of fused-ring (bicyclic) bond motifs is 5. The lowest BCUT2D eigenvalue weighted by Gasteiger charge is -2.50. The molecule has 6 unspecified atom stereocenters. The van der Waals surface area contributed by atoms with E-state index in [4.69, 9.17) is 5.11 Å². The molecule has 0 radical (unpaired) electrons. The van der Waals surface area contributed by atoms with Crippen LogP contribution >= 0.6 is 0 Å². The lowest BCUT2D eigenvalue weighted by Crippen LogP contribution is -2.53. The average molecular weight is 712 g/mol. The van der Waals surface area contributed by atoms with Gasteiger partial charge in [0.15, 0.2) is 0 Å². The van der Waals surface area contributed by atoms with Crippen molar-refractivity contribution >= 4 is 46.1 Å². The van der Waals surface area contributed by atoms with Crippen LogP contribution in [0.25, 0.3) is 10.8 Å². The normalized spacial score (nSPS) is 26.4. The highest BCUT2D eigenvalue weighted by atomic mass is 16.4. The van der Waals surface area contributed by atoms with Crippen molar-refractivity contribution in [1.29, 1.82) is 0 Å². The summed E-state index contributed by atoms with van der Waals surface area (Å²) in [6, 6.07) is 27.9. The van der Waals surface area contributed by atoms with Crippen LogP contribution < -0.4 is 5.43 Å². The zero-order chi connectivity index (χ0) is 37.0. The summed E-state index contributed by atoms with van der Waals surface area (Å²) in [6.07, 6.45) is 3.97. The van der Waals surface area contributed by atoms with Gasteiger partial charge < -0.3 is 10.2 Å². The monoisotopic (exact) mass is 711 g/mol. The van der Waals surface area contributed by atoms with Gasteiger partial charge in [0, 0.05) is 29.8 Å². The van der Waals surface area contributed by atoms with Crippen molar-refractivity contribution in [3.05, 3.63) is 119 Å². The van der Waals surface area contributed by atoms with Crippen molar-refractivity contribution in [2.24, 2.45) is 23.7 Å². The number of carbonyl (C=O) groups is 5. The van der Waals surface area contributed by atoms with Crippen LogP contribution in [0.5, 0.6) is 5.75 Å². The number of hydrogen-bond acceptors (Lipinski definition) is 7. The third-order valence-electron chi connectivity index (χ3n) is 12.0. The molecule has 2 aliphatic carbocycles. The summed E-state index contributed by atoms with van der Waals surface area (Å²) in [7, 11) is 0. The summed E-state index contributed by atoms with van der Waals surface area (Å²) in [4.78, 5) is 70.7. The van der Waals surface area contributed by atoms with Gasteiger partial charge in [0.2, 0.25) is 11.8 Å². The number of aliphatic carboxylic acids is 1. The van der Waals surface area contributed by atoms with Crippen LogP contribution in [0.15, 0.2) is 103 Å². The Balaban J connectivity index is 1.27. The van der Waals surface area contributed by atoms with Crippen molar-refractivity contribution in [2.45, 2.75) is 56.8 Å². The topological polar surface area (TPSA) is 144 Å². The maximum Gasteiger partial charge on any atom is 0.303 e. The Hall–Kier alpha value is -5.77. The molecule has 53 heavy (non-hydrogen) atoms. The Morgan fingerprint density at radius 1 is 0.830 bits per heavy atom. The van der Waals surface area contributed by atoms with E-state index in [1.54, 1.807) is 0 Å². The van der Waals surface area contributed by atoms with E-state index in [2.05, 4.69) is 5.43 Å². The van der Waals surface area contributed by atoms with E-state index in [9.17, 15) is 24.3 Å². The summed E-state index contributed by atoms with van der Waals surface area (Å²) in [5.74, 6) is -5.97. The molecule has 4 aliphatic rings. The van der Waals surface area contributed by atoms with E-state index in [1.165, 1.54) is 4.90 Å². The third kappa shape index (κ3) is 5.42. The predicted molar refractivity (Wildman–Crippen MR) is 197 cm³/mol. The Labute approximate surface area is 307 Å². The molecule has 2 heterocycles. The Morgan fingerprint density at radius 3 is 2.32 bits per heavy atom. The molecule has 2 saturated heterocycles. The number of carboxylic acid groups (broad SMARTS) is 1. The Morgan fingerprint density at radius 2 is 1.57 bits per heavy atom. The van der Waals surface area contributed by atoms with Gasteiger partial charge in [0.1, 0.15) is 5.75 Å². The number of hydrogen-bond donors (Lipinski definition) is 3. The van der Waals surface area contributed by atoms with Crippen molar-refractivity contribution in [3.63, 3.8) is 0 Å². The van der Waals surface area contributed by atoms with Gasteiger partial charge in [-0.25, -0.2) is 0 Å². The zero-order valence-corrected chi connectivity index (χ0v) is 29.4. The van der Waals surface area contributed by atoms with E-state index >= 15 is 4.79 Å². The number of carboxylic acids is 1. The summed E-state index contributed by atoms with van der Waals surface area (Å²) >= 11 is 0. The first-order valence-electron chi connectivity index (χ1n) is 18.4. The number of aromatic hydroxyl groups is 1.